The van der Waals surface area contributed by atoms with Gasteiger partial charge in [-0.25, -0.2) is 13.5 Å². The molecular weight excluding hydrogens is 440 g/mol. The first-order valence-corrected chi connectivity index (χ1v) is 11.5. The molecule has 2 aromatic carbocycles. The minimum Gasteiger partial charge on any atom is -0.438 e. The second-order valence-electron chi connectivity index (χ2n) is 8.88. The molecule has 6 nitrogen and oxygen atoms in total. The Balaban J connectivity index is 1.96. The zero-order valence-corrected chi connectivity index (χ0v) is 20.3. The number of hydrogen-bond donors (Lipinski definition) is 1. The number of aromatic nitrogens is 2. The highest BCUT2D eigenvalue weighted by Gasteiger charge is 2.24. The molecule has 0 saturated heterocycles. The molecule has 1 heterocycles. The summed E-state index contributed by atoms with van der Waals surface area (Å²) in [5.41, 5.74) is 2.12. The predicted octanol–water partition coefficient (Wildman–Crippen LogP) is 5.25. The van der Waals surface area contributed by atoms with Gasteiger partial charge in [-0.1, -0.05) is 6.07 Å². The van der Waals surface area contributed by atoms with Crippen molar-refractivity contribution in [1.82, 2.24) is 14.7 Å². The first kappa shape index (κ1) is 25.8. The van der Waals surface area contributed by atoms with E-state index in [1.165, 1.54) is 24.3 Å². The van der Waals surface area contributed by atoms with Crippen molar-refractivity contribution in [2.75, 3.05) is 13.2 Å². The molecule has 0 amide bonds. The topological polar surface area (TPSA) is 59.8 Å². The second kappa shape index (κ2) is 11.6. The molecule has 0 bridgehead atoms. The summed E-state index contributed by atoms with van der Waals surface area (Å²) >= 11 is 0. The number of rotatable bonds is 11. The molecule has 0 aliphatic rings. The van der Waals surface area contributed by atoms with Gasteiger partial charge in [-0.3, -0.25) is 4.90 Å². The lowest BCUT2D eigenvalue weighted by molar-refractivity contribution is -0.0137. The van der Waals surface area contributed by atoms with E-state index in [9.17, 15) is 13.9 Å². The molecule has 8 heteroatoms. The van der Waals surface area contributed by atoms with Gasteiger partial charge in [-0.05, 0) is 71.0 Å². The maximum atomic E-state index is 13.8. The molecule has 1 N–H and O–H groups in total. The van der Waals surface area contributed by atoms with Crippen LogP contribution < -0.4 is 4.74 Å². The second-order valence-corrected chi connectivity index (χ2v) is 8.88. The van der Waals surface area contributed by atoms with Gasteiger partial charge in [0.1, 0.15) is 17.4 Å². The molecule has 1 atom stereocenters. The van der Waals surface area contributed by atoms with E-state index in [4.69, 9.17) is 9.47 Å². The highest BCUT2D eigenvalue weighted by molar-refractivity contribution is 5.43. The molecule has 1 unspecified atom stereocenters. The van der Waals surface area contributed by atoms with E-state index in [-0.39, 0.29) is 24.6 Å². The average Bonchev–Trinajstić information content (AvgIpc) is 3.07. The Bertz CT molecular complexity index is 1070. The summed E-state index contributed by atoms with van der Waals surface area (Å²) in [6, 6.07) is 11.9. The van der Waals surface area contributed by atoms with Gasteiger partial charge in [0.25, 0.3) is 0 Å². The third kappa shape index (κ3) is 6.85. The Morgan fingerprint density at radius 1 is 1.03 bits per heavy atom. The van der Waals surface area contributed by atoms with Gasteiger partial charge >= 0.3 is 0 Å². The van der Waals surface area contributed by atoms with Gasteiger partial charge < -0.3 is 14.6 Å². The van der Waals surface area contributed by atoms with E-state index in [1.54, 1.807) is 28.9 Å². The number of nitrogens with zero attached hydrogens (tertiary/aromatic N) is 3. The van der Waals surface area contributed by atoms with Gasteiger partial charge in [0.2, 0.25) is 5.88 Å². The van der Waals surface area contributed by atoms with Crippen LogP contribution in [-0.2, 0) is 11.3 Å². The molecule has 0 aliphatic heterocycles. The number of ether oxygens (including phenoxy) is 2. The molecule has 1 aromatic heterocycles. The molecule has 0 saturated carbocycles. The highest BCUT2D eigenvalue weighted by atomic mass is 19.1. The monoisotopic (exact) mass is 473 g/mol. The summed E-state index contributed by atoms with van der Waals surface area (Å²) < 4.78 is 40.7. The van der Waals surface area contributed by atoms with Crippen LogP contribution in [0.4, 0.5) is 8.78 Å². The summed E-state index contributed by atoms with van der Waals surface area (Å²) in [5, 5.41) is 15.2. The number of hydrogen-bond acceptors (Lipinski definition) is 5. The molecule has 184 valence electrons. The Morgan fingerprint density at radius 3 is 2.35 bits per heavy atom. The van der Waals surface area contributed by atoms with Gasteiger partial charge in [0.05, 0.1) is 35.8 Å². The van der Waals surface area contributed by atoms with Crippen LogP contribution in [0.25, 0.3) is 5.69 Å². The standard InChI is InChI=1S/C26H33F2N3O3/c1-17(2)30(14-23(32)16-33-18(3)4)15-25-19(5)29-31(22-11-9-20(27)10-12-22)26(25)34-24-8-6-7-21(28)13-24/h6-13,17-18,23,32H,14-16H2,1-5H3. The first-order valence-electron chi connectivity index (χ1n) is 11.5. The smallest absolute Gasteiger partial charge is 0.227 e. The van der Waals surface area contributed by atoms with Crippen molar-refractivity contribution in [3.05, 3.63) is 71.4 Å². The summed E-state index contributed by atoms with van der Waals surface area (Å²) in [6.07, 6.45) is -0.630. The Hall–Kier alpha value is -2.81. The number of aliphatic hydroxyl groups is 1. The quantitative estimate of drug-likeness (QED) is 0.412. The SMILES string of the molecule is Cc1nn(-c2ccc(F)cc2)c(Oc2cccc(F)c2)c1CN(CC(O)COC(C)C)C(C)C. The van der Waals surface area contributed by atoms with Gasteiger partial charge in [0, 0.05) is 25.2 Å². The van der Waals surface area contributed by atoms with Crippen molar-refractivity contribution in [2.45, 2.75) is 59.4 Å². The zero-order valence-electron chi connectivity index (χ0n) is 20.3. The fourth-order valence-electron chi connectivity index (χ4n) is 3.51. The Kier molecular flexibility index (Phi) is 8.77. The van der Waals surface area contributed by atoms with Crippen molar-refractivity contribution in [3.8, 4) is 17.3 Å². The van der Waals surface area contributed by atoms with Crippen molar-refractivity contribution < 1.29 is 23.4 Å². The first-order chi connectivity index (χ1) is 16.1. The van der Waals surface area contributed by atoms with E-state index in [0.29, 0.717) is 36.1 Å². The lowest BCUT2D eigenvalue weighted by Crippen LogP contribution is -2.39. The van der Waals surface area contributed by atoms with Crippen LogP contribution in [-0.4, -0.2) is 51.2 Å². The lowest BCUT2D eigenvalue weighted by Gasteiger charge is -2.29. The average molecular weight is 474 g/mol. The van der Waals surface area contributed by atoms with Crippen LogP contribution >= 0.6 is 0 Å². The normalized spacial score (nSPS) is 12.7. The largest absolute Gasteiger partial charge is 0.438 e. The molecule has 3 rings (SSSR count). The lowest BCUT2D eigenvalue weighted by atomic mass is 10.2. The molecule has 34 heavy (non-hydrogen) atoms. The number of halogens is 2. The van der Waals surface area contributed by atoms with Crippen LogP contribution in [0.2, 0.25) is 0 Å². The van der Waals surface area contributed by atoms with Crippen molar-refractivity contribution in [2.24, 2.45) is 0 Å². The summed E-state index contributed by atoms with van der Waals surface area (Å²) in [7, 11) is 0. The predicted molar refractivity (Wildman–Crippen MR) is 127 cm³/mol. The van der Waals surface area contributed by atoms with E-state index in [2.05, 4.69) is 10.00 Å². The summed E-state index contributed by atoms with van der Waals surface area (Å²) in [4.78, 5) is 2.10. The maximum absolute atomic E-state index is 13.8. The molecule has 3 aromatic rings. The number of aryl methyl sites for hydroxylation is 1. The van der Waals surface area contributed by atoms with Gasteiger partial charge in [-0.15, -0.1) is 0 Å². The third-order valence-electron chi connectivity index (χ3n) is 5.38. The van der Waals surface area contributed by atoms with Crippen LogP contribution in [0.5, 0.6) is 11.6 Å². The van der Waals surface area contributed by atoms with Crippen LogP contribution in [0.3, 0.4) is 0 Å². The third-order valence-corrected chi connectivity index (χ3v) is 5.38. The van der Waals surface area contributed by atoms with Crippen LogP contribution in [0.15, 0.2) is 48.5 Å². The fourth-order valence-corrected chi connectivity index (χ4v) is 3.51. The Morgan fingerprint density at radius 2 is 1.74 bits per heavy atom. The van der Waals surface area contributed by atoms with Gasteiger partial charge in [0.15, 0.2) is 0 Å². The molecule has 0 spiro atoms. The number of aliphatic hydroxyl groups excluding tert-OH is 1. The number of benzene rings is 2. The van der Waals surface area contributed by atoms with E-state index < -0.39 is 11.9 Å². The van der Waals surface area contributed by atoms with Crippen LogP contribution in [0, 0.1) is 18.6 Å². The summed E-state index contributed by atoms with van der Waals surface area (Å²) in [5.74, 6) is -0.0380. The van der Waals surface area contributed by atoms with Gasteiger partial charge in [-0.2, -0.15) is 5.10 Å². The highest BCUT2D eigenvalue weighted by Crippen LogP contribution is 2.32. The minimum absolute atomic E-state index is 0.0320. The van der Waals surface area contributed by atoms with E-state index in [0.717, 1.165) is 5.56 Å². The molecule has 0 fully saturated rings. The van der Waals surface area contributed by atoms with Crippen molar-refractivity contribution >= 4 is 0 Å². The van der Waals surface area contributed by atoms with Crippen molar-refractivity contribution in [3.63, 3.8) is 0 Å². The fraction of sp³-hybridized carbons (Fsp3) is 0.423. The molecule has 0 radical (unpaired) electrons. The van der Waals surface area contributed by atoms with E-state index in [1.807, 2.05) is 34.6 Å². The zero-order chi connectivity index (χ0) is 24.8. The molecule has 0 aliphatic carbocycles. The molecular formula is C26H33F2N3O3. The minimum atomic E-state index is -0.662. The maximum Gasteiger partial charge on any atom is 0.227 e. The van der Waals surface area contributed by atoms with E-state index >= 15 is 0 Å². The summed E-state index contributed by atoms with van der Waals surface area (Å²) in [6.45, 7) is 10.9. The van der Waals surface area contributed by atoms with Crippen LogP contribution in [0.1, 0.15) is 39.0 Å². The van der Waals surface area contributed by atoms with Crippen molar-refractivity contribution in [1.29, 1.82) is 0 Å². The Labute approximate surface area is 199 Å².